The zero-order chi connectivity index (χ0) is 17.6. The van der Waals surface area contributed by atoms with E-state index in [1.54, 1.807) is 24.3 Å². The van der Waals surface area contributed by atoms with Gasteiger partial charge in [0.15, 0.2) is 5.78 Å². The van der Waals surface area contributed by atoms with Gasteiger partial charge in [-0.2, -0.15) is 0 Å². The second-order valence-electron chi connectivity index (χ2n) is 5.74. The van der Waals surface area contributed by atoms with Crippen LogP contribution < -0.4 is 5.56 Å². The number of hydrogen-bond donors (Lipinski definition) is 1. The second-order valence-corrected chi connectivity index (χ2v) is 7.89. The van der Waals surface area contributed by atoms with Crippen LogP contribution in [0.4, 0.5) is 0 Å². The number of carbonyl (C=O) groups excluding carboxylic acids is 1. The minimum Gasteiger partial charge on any atom is -0.469 e. The largest absolute Gasteiger partial charge is 0.469 e. The molecule has 4 rings (SSSR count). The number of nitrogens with one attached hydrogen (secondary N) is 1. The Hall–Kier alpha value is -2.51. The summed E-state index contributed by atoms with van der Waals surface area (Å²) in [5.41, 5.74) is 1.21. The number of rotatable bonds is 4. The van der Waals surface area contributed by atoms with Gasteiger partial charge in [-0.15, -0.1) is 22.7 Å². The highest BCUT2D eigenvalue weighted by molar-refractivity contribution is 7.19. The molecule has 4 aromatic rings. The van der Waals surface area contributed by atoms with Gasteiger partial charge in [-0.25, -0.2) is 4.98 Å². The Bertz CT molecular complexity index is 1150. The van der Waals surface area contributed by atoms with Gasteiger partial charge < -0.3 is 9.40 Å². The van der Waals surface area contributed by atoms with Crippen LogP contribution in [0.25, 0.3) is 20.7 Å². The molecule has 0 aliphatic carbocycles. The molecular formula is C18H14N2O3S2. The number of Topliss-reactive ketones (excluding diaryl/α,β-unsaturated/α-hetero) is 1. The van der Waals surface area contributed by atoms with Crippen LogP contribution in [0, 0.1) is 13.8 Å². The first-order valence-corrected chi connectivity index (χ1v) is 9.37. The summed E-state index contributed by atoms with van der Waals surface area (Å²) >= 11 is 3.07. The van der Waals surface area contributed by atoms with Crippen LogP contribution >= 0.6 is 22.7 Å². The van der Waals surface area contributed by atoms with Crippen LogP contribution in [0.1, 0.15) is 26.8 Å². The van der Waals surface area contributed by atoms with Gasteiger partial charge in [-0.1, -0.05) is 0 Å². The van der Waals surface area contributed by atoms with E-state index in [2.05, 4.69) is 9.97 Å². The number of ketones is 1. The second kappa shape index (κ2) is 6.09. The number of hydrogen-bond acceptors (Lipinski definition) is 6. The van der Waals surface area contributed by atoms with Crippen molar-refractivity contribution >= 4 is 38.7 Å². The molecule has 0 bridgehead atoms. The molecule has 5 nitrogen and oxygen atoms in total. The number of thiophene rings is 2. The molecule has 0 fully saturated rings. The van der Waals surface area contributed by atoms with Gasteiger partial charge in [0.1, 0.15) is 16.4 Å². The summed E-state index contributed by atoms with van der Waals surface area (Å²) in [6, 6.07) is 5.68. The van der Waals surface area contributed by atoms with Crippen molar-refractivity contribution in [1.29, 1.82) is 0 Å². The molecule has 0 amide bonds. The average molecular weight is 370 g/mol. The predicted molar refractivity (Wildman–Crippen MR) is 99.8 cm³/mol. The monoisotopic (exact) mass is 370 g/mol. The van der Waals surface area contributed by atoms with Crippen molar-refractivity contribution in [2.75, 3.05) is 0 Å². The molecule has 4 aromatic heterocycles. The SMILES string of the molecule is Cc1ccc(-c2csc3nc(CC(=O)c4ccoc4C)[nH]c(=O)c23)s1. The first kappa shape index (κ1) is 16.0. The summed E-state index contributed by atoms with van der Waals surface area (Å²) < 4.78 is 5.16. The summed E-state index contributed by atoms with van der Waals surface area (Å²) in [7, 11) is 0. The molecule has 0 radical (unpaired) electrons. The van der Waals surface area contributed by atoms with Crippen molar-refractivity contribution in [3.63, 3.8) is 0 Å². The summed E-state index contributed by atoms with van der Waals surface area (Å²) in [4.78, 5) is 35.1. The van der Waals surface area contributed by atoms with Gasteiger partial charge in [0.05, 0.1) is 23.6 Å². The molecule has 0 unspecified atom stereocenters. The lowest BCUT2D eigenvalue weighted by Crippen LogP contribution is -2.15. The van der Waals surface area contributed by atoms with Crippen molar-refractivity contribution < 1.29 is 9.21 Å². The minimum absolute atomic E-state index is 0.0386. The fraction of sp³-hybridized carbons (Fsp3) is 0.167. The first-order chi connectivity index (χ1) is 12.0. The number of fused-ring (bicyclic) bond motifs is 1. The van der Waals surface area contributed by atoms with E-state index in [-0.39, 0.29) is 17.8 Å². The molecule has 1 N–H and O–H groups in total. The van der Waals surface area contributed by atoms with E-state index in [1.165, 1.54) is 22.5 Å². The first-order valence-electron chi connectivity index (χ1n) is 7.67. The van der Waals surface area contributed by atoms with Crippen molar-refractivity contribution in [3.8, 4) is 10.4 Å². The fourth-order valence-electron chi connectivity index (χ4n) is 2.76. The van der Waals surface area contributed by atoms with Gasteiger partial charge in [0.25, 0.3) is 5.56 Å². The summed E-state index contributed by atoms with van der Waals surface area (Å²) in [5, 5.41) is 2.53. The molecule has 4 heterocycles. The smallest absolute Gasteiger partial charge is 0.260 e. The molecule has 0 aromatic carbocycles. The zero-order valence-electron chi connectivity index (χ0n) is 13.6. The molecule has 0 aliphatic heterocycles. The summed E-state index contributed by atoms with van der Waals surface area (Å²) in [6.45, 7) is 3.77. The van der Waals surface area contributed by atoms with Crippen LogP contribution in [0.15, 0.2) is 39.1 Å². The Labute approximate surface area is 151 Å². The summed E-state index contributed by atoms with van der Waals surface area (Å²) in [5.74, 6) is 0.818. The lowest BCUT2D eigenvalue weighted by atomic mass is 10.1. The third-order valence-electron chi connectivity index (χ3n) is 3.99. The molecule has 126 valence electrons. The molecule has 0 aliphatic rings. The lowest BCUT2D eigenvalue weighted by molar-refractivity contribution is 0.0989. The number of carbonyl (C=O) groups is 1. The Morgan fingerprint density at radius 2 is 2.12 bits per heavy atom. The lowest BCUT2D eigenvalue weighted by Gasteiger charge is -2.01. The van der Waals surface area contributed by atoms with E-state index >= 15 is 0 Å². The van der Waals surface area contributed by atoms with Gasteiger partial charge in [0, 0.05) is 20.7 Å². The topological polar surface area (TPSA) is 76.0 Å². The van der Waals surface area contributed by atoms with Gasteiger partial charge in [-0.05, 0) is 32.0 Å². The van der Waals surface area contributed by atoms with Crippen LogP contribution in [-0.2, 0) is 6.42 Å². The van der Waals surface area contributed by atoms with E-state index in [0.29, 0.717) is 27.4 Å². The van der Waals surface area contributed by atoms with Crippen molar-refractivity contribution in [2.24, 2.45) is 0 Å². The van der Waals surface area contributed by atoms with E-state index in [4.69, 9.17) is 4.42 Å². The van der Waals surface area contributed by atoms with Crippen molar-refractivity contribution in [1.82, 2.24) is 9.97 Å². The van der Waals surface area contributed by atoms with Crippen molar-refractivity contribution in [3.05, 3.63) is 62.2 Å². The minimum atomic E-state index is -0.209. The number of nitrogens with zero attached hydrogens (tertiary/aromatic N) is 1. The highest BCUT2D eigenvalue weighted by Crippen LogP contribution is 2.35. The van der Waals surface area contributed by atoms with Crippen LogP contribution in [0.5, 0.6) is 0 Å². The Morgan fingerprint density at radius 1 is 1.28 bits per heavy atom. The van der Waals surface area contributed by atoms with Crippen LogP contribution in [-0.4, -0.2) is 15.8 Å². The Balaban J connectivity index is 1.73. The third-order valence-corrected chi connectivity index (χ3v) is 5.89. The normalized spacial score (nSPS) is 11.3. The Morgan fingerprint density at radius 3 is 2.80 bits per heavy atom. The number of aromatic nitrogens is 2. The maximum Gasteiger partial charge on any atom is 0.260 e. The van der Waals surface area contributed by atoms with E-state index in [9.17, 15) is 9.59 Å². The fourth-order valence-corrected chi connectivity index (χ4v) is 4.68. The van der Waals surface area contributed by atoms with Crippen LogP contribution in [0.2, 0.25) is 0 Å². The summed E-state index contributed by atoms with van der Waals surface area (Å²) in [6.07, 6.45) is 1.52. The van der Waals surface area contributed by atoms with E-state index in [0.717, 1.165) is 10.4 Å². The highest BCUT2D eigenvalue weighted by atomic mass is 32.1. The Kier molecular flexibility index (Phi) is 3.89. The van der Waals surface area contributed by atoms with Gasteiger partial charge >= 0.3 is 0 Å². The molecule has 25 heavy (non-hydrogen) atoms. The maximum atomic E-state index is 12.6. The third kappa shape index (κ3) is 2.85. The van der Waals surface area contributed by atoms with Gasteiger partial charge in [0.2, 0.25) is 0 Å². The van der Waals surface area contributed by atoms with E-state index in [1.807, 2.05) is 24.4 Å². The number of H-pyrrole nitrogens is 1. The number of aryl methyl sites for hydroxylation is 2. The quantitative estimate of drug-likeness (QED) is 0.542. The molecule has 7 heteroatoms. The molecular weight excluding hydrogens is 356 g/mol. The van der Waals surface area contributed by atoms with E-state index < -0.39 is 0 Å². The standard InChI is InChI=1S/C18H14N2O3S2/c1-9-3-4-14(25-9)12-8-24-18-16(12)17(22)19-15(20-18)7-13(21)11-5-6-23-10(11)2/h3-6,8H,7H2,1-2H3,(H,19,20,22). The van der Waals surface area contributed by atoms with Crippen LogP contribution in [0.3, 0.4) is 0 Å². The zero-order valence-corrected chi connectivity index (χ0v) is 15.2. The van der Waals surface area contributed by atoms with Crippen molar-refractivity contribution in [2.45, 2.75) is 20.3 Å². The molecule has 0 spiro atoms. The maximum absolute atomic E-state index is 12.6. The highest BCUT2D eigenvalue weighted by Gasteiger charge is 2.17. The number of furan rings is 1. The molecule has 0 atom stereocenters. The average Bonchev–Trinajstić information content (AvgIpc) is 3.26. The predicted octanol–water partition coefficient (Wildman–Crippen LogP) is 4.35. The molecule has 0 saturated carbocycles. The van der Waals surface area contributed by atoms with Gasteiger partial charge in [-0.3, -0.25) is 9.59 Å². The number of aromatic amines is 1. The molecule has 0 saturated heterocycles.